The van der Waals surface area contributed by atoms with Crippen LogP contribution in [-0.2, 0) is 0 Å². The van der Waals surface area contributed by atoms with E-state index in [1.165, 1.54) is 52.1 Å². The first-order chi connectivity index (χ1) is 7.30. The Labute approximate surface area is 94.6 Å². The van der Waals surface area contributed by atoms with Gasteiger partial charge in [0.05, 0.1) is 0 Å². The summed E-state index contributed by atoms with van der Waals surface area (Å²) >= 11 is 0. The molecule has 1 saturated heterocycles. The summed E-state index contributed by atoms with van der Waals surface area (Å²) in [5.41, 5.74) is 5.69. The molecule has 1 atom stereocenters. The van der Waals surface area contributed by atoms with E-state index in [1.54, 1.807) is 0 Å². The molecule has 1 unspecified atom stereocenters. The fraction of sp³-hybridized carbons (Fsp3) is 1.00. The van der Waals surface area contributed by atoms with Gasteiger partial charge in [0.25, 0.3) is 0 Å². The van der Waals surface area contributed by atoms with Crippen LogP contribution in [0.3, 0.4) is 0 Å². The van der Waals surface area contributed by atoms with Gasteiger partial charge in [-0.25, -0.2) is 0 Å². The van der Waals surface area contributed by atoms with E-state index in [0.717, 1.165) is 12.5 Å². The van der Waals surface area contributed by atoms with Crippen molar-refractivity contribution >= 4 is 0 Å². The van der Waals surface area contributed by atoms with E-state index in [9.17, 15) is 0 Å². The molecule has 2 N–H and O–H groups in total. The molecule has 0 aliphatic carbocycles. The molecule has 0 aromatic rings. The molecule has 3 heteroatoms. The molecule has 0 amide bonds. The van der Waals surface area contributed by atoms with Crippen molar-refractivity contribution < 1.29 is 0 Å². The topological polar surface area (TPSA) is 32.5 Å². The number of nitrogens with two attached hydrogens (primary N) is 1. The molecule has 90 valence electrons. The lowest BCUT2D eigenvalue weighted by Crippen LogP contribution is -2.34. The number of rotatable bonds is 7. The molecule has 0 spiro atoms. The summed E-state index contributed by atoms with van der Waals surface area (Å²) in [4.78, 5) is 5.10. The van der Waals surface area contributed by atoms with Crippen molar-refractivity contribution in [3.05, 3.63) is 0 Å². The van der Waals surface area contributed by atoms with E-state index >= 15 is 0 Å². The molecular weight excluding hydrogens is 186 g/mol. The Morgan fingerprint density at radius 2 is 2.13 bits per heavy atom. The van der Waals surface area contributed by atoms with E-state index < -0.39 is 0 Å². The van der Waals surface area contributed by atoms with E-state index in [4.69, 9.17) is 5.73 Å². The maximum Gasteiger partial charge on any atom is 0.0109 e. The average Bonchev–Trinajstić information content (AvgIpc) is 2.72. The molecule has 0 saturated carbocycles. The monoisotopic (exact) mass is 213 g/mol. The van der Waals surface area contributed by atoms with Gasteiger partial charge in [0.2, 0.25) is 0 Å². The first-order valence-corrected chi connectivity index (χ1v) is 6.44. The van der Waals surface area contributed by atoms with Crippen molar-refractivity contribution in [3.63, 3.8) is 0 Å². The SMILES string of the molecule is CCCN(CC)CCN1CCC(CN)C1. The third-order valence-electron chi connectivity index (χ3n) is 3.42. The van der Waals surface area contributed by atoms with Crippen LogP contribution in [0.15, 0.2) is 0 Å². The van der Waals surface area contributed by atoms with Crippen LogP contribution in [0, 0.1) is 5.92 Å². The number of nitrogens with zero attached hydrogens (tertiary/aromatic N) is 2. The predicted octanol–water partition coefficient (Wildman–Crippen LogP) is 0.999. The first-order valence-electron chi connectivity index (χ1n) is 6.44. The molecule has 1 heterocycles. The van der Waals surface area contributed by atoms with Crippen molar-refractivity contribution in [3.8, 4) is 0 Å². The average molecular weight is 213 g/mol. The lowest BCUT2D eigenvalue weighted by atomic mass is 10.1. The van der Waals surface area contributed by atoms with Crippen LogP contribution in [0.25, 0.3) is 0 Å². The second kappa shape index (κ2) is 7.20. The van der Waals surface area contributed by atoms with Crippen molar-refractivity contribution in [2.24, 2.45) is 11.7 Å². The molecule has 1 aliphatic heterocycles. The van der Waals surface area contributed by atoms with Crippen molar-refractivity contribution in [2.75, 3.05) is 45.8 Å². The maximum absolute atomic E-state index is 5.69. The van der Waals surface area contributed by atoms with Gasteiger partial charge < -0.3 is 15.5 Å². The Morgan fingerprint density at radius 3 is 2.67 bits per heavy atom. The highest BCUT2D eigenvalue weighted by Gasteiger charge is 2.20. The summed E-state index contributed by atoms with van der Waals surface area (Å²) in [5.74, 6) is 0.756. The van der Waals surface area contributed by atoms with Gasteiger partial charge in [-0.1, -0.05) is 13.8 Å². The number of hydrogen-bond donors (Lipinski definition) is 1. The van der Waals surface area contributed by atoms with Crippen LogP contribution < -0.4 is 5.73 Å². The van der Waals surface area contributed by atoms with E-state index in [2.05, 4.69) is 23.6 Å². The Balaban J connectivity index is 2.13. The van der Waals surface area contributed by atoms with Crippen LogP contribution >= 0.6 is 0 Å². The van der Waals surface area contributed by atoms with E-state index in [-0.39, 0.29) is 0 Å². The quantitative estimate of drug-likeness (QED) is 0.685. The third kappa shape index (κ3) is 4.49. The van der Waals surface area contributed by atoms with Crippen LogP contribution in [-0.4, -0.2) is 55.6 Å². The second-order valence-electron chi connectivity index (χ2n) is 4.63. The normalized spacial score (nSPS) is 22.8. The smallest absolute Gasteiger partial charge is 0.0109 e. The number of likely N-dealkylation sites (N-methyl/N-ethyl adjacent to an activating group) is 1. The molecule has 3 nitrogen and oxygen atoms in total. The Hall–Kier alpha value is -0.120. The van der Waals surface area contributed by atoms with Crippen LogP contribution in [0.4, 0.5) is 0 Å². The minimum atomic E-state index is 0.756. The van der Waals surface area contributed by atoms with Gasteiger partial charge in [0.15, 0.2) is 0 Å². The molecule has 0 radical (unpaired) electrons. The summed E-state index contributed by atoms with van der Waals surface area (Å²) in [6.07, 6.45) is 2.57. The largest absolute Gasteiger partial charge is 0.330 e. The van der Waals surface area contributed by atoms with Gasteiger partial charge in [0.1, 0.15) is 0 Å². The van der Waals surface area contributed by atoms with Gasteiger partial charge in [-0.2, -0.15) is 0 Å². The standard InChI is InChI=1S/C12H27N3/c1-3-6-14(4-2)8-9-15-7-5-12(10-13)11-15/h12H,3-11,13H2,1-2H3. The fourth-order valence-corrected chi connectivity index (χ4v) is 2.34. The van der Waals surface area contributed by atoms with Crippen LogP contribution in [0.1, 0.15) is 26.7 Å². The van der Waals surface area contributed by atoms with Crippen molar-refractivity contribution in [1.29, 1.82) is 0 Å². The van der Waals surface area contributed by atoms with Gasteiger partial charge in [0, 0.05) is 19.6 Å². The highest BCUT2D eigenvalue weighted by Crippen LogP contribution is 2.14. The number of hydrogen-bond acceptors (Lipinski definition) is 3. The number of likely N-dealkylation sites (tertiary alicyclic amines) is 1. The zero-order chi connectivity index (χ0) is 11.1. The third-order valence-corrected chi connectivity index (χ3v) is 3.42. The van der Waals surface area contributed by atoms with Crippen LogP contribution in [0.2, 0.25) is 0 Å². The Morgan fingerprint density at radius 1 is 1.33 bits per heavy atom. The minimum Gasteiger partial charge on any atom is -0.330 e. The molecule has 0 aromatic carbocycles. The summed E-state index contributed by atoms with van der Waals surface area (Å²) < 4.78 is 0. The molecule has 15 heavy (non-hydrogen) atoms. The lowest BCUT2D eigenvalue weighted by molar-refractivity contribution is 0.229. The van der Waals surface area contributed by atoms with Gasteiger partial charge in [-0.05, 0) is 44.9 Å². The zero-order valence-corrected chi connectivity index (χ0v) is 10.4. The zero-order valence-electron chi connectivity index (χ0n) is 10.4. The fourth-order valence-electron chi connectivity index (χ4n) is 2.34. The molecular formula is C12H27N3. The van der Waals surface area contributed by atoms with E-state index in [1.807, 2.05) is 0 Å². The highest BCUT2D eigenvalue weighted by atomic mass is 15.2. The molecule has 1 fully saturated rings. The summed E-state index contributed by atoms with van der Waals surface area (Å²) in [6.45, 7) is 12.7. The summed E-state index contributed by atoms with van der Waals surface area (Å²) in [6, 6.07) is 0. The van der Waals surface area contributed by atoms with Crippen molar-refractivity contribution in [2.45, 2.75) is 26.7 Å². The molecule has 1 rings (SSSR count). The molecule has 0 aromatic heterocycles. The van der Waals surface area contributed by atoms with Crippen molar-refractivity contribution in [1.82, 2.24) is 9.80 Å². The van der Waals surface area contributed by atoms with Crippen LogP contribution in [0.5, 0.6) is 0 Å². The second-order valence-corrected chi connectivity index (χ2v) is 4.63. The van der Waals surface area contributed by atoms with Gasteiger partial charge in [-0.3, -0.25) is 0 Å². The Kier molecular flexibility index (Phi) is 6.22. The molecule has 0 bridgehead atoms. The Bertz CT molecular complexity index is 161. The minimum absolute atomic E-state index is 0.756. The van der Waals surface area contributed by atoms with Gasteiger partial charge >= 0.3 is 0 Å². The predicted molar refractivity (Wildman–Crippen MR) is 66.0 cm³/mol. The maximum atomic E-state index is 5.69. The lowest BCUT2D eigenvalue weighted by Gasteiger charge is -2.23. The summed E-state index contributed by atoms with van der Waals surface area (Å²) in [5, 5.41) is 0. The first kappa shape index (κ1) is 12.9. The highest BCUT2D eigenvalue weighted by molar-refractivity contribution is 4.76. The summed E-state index contributed by atoms with van der Waals surface area (Å²) in [7, 11) is 0. The molecule has 1 aliphatic rings. The van der Waals surface area contributed by atoms with E-state index in [0.29, 0.717) is 0 Å². The van der Waals surface area contributed by atoms with Gasteiger partial charge in [-0.15, -0.1) is 0 Å².